The first kappa shape index (κ1) is 13.3. The van der Waals surface area contributed by atoms with Crippen LogP contribution < -0.4 is 0 Å². The lowest BCUT2D eigenvalue weighted by Crippen LogP contribution is -2.22. The second-order valence-electron chi connectivity index (χ2n) is 4.23. The fraction of sp³-hybridized carbons (Fsp3) is 0.455. The van der Waals surface area contributed by atoms with Crippen molar-refractivity contribution >= 4 is 11.6 Å². The summed E-state index contributed by atoms with van der Waals surface area (Å²) in [4.78, 5) is 0. The lowest BCUT2D eigenvalue weighted by atomic mass is 9.85. The summed E-state index contributed by atoms with van der Waals surface area (Å²) in [6.45, 7) is 3.10. The van der Waals surface area contributed by atoms with Crippen LogP contribution in [0.3, 0.4) is 0 Å². The second-order valence-corrected chi connectivity index (χ2v) is 4.64. The van der Waals surface area contributed by atoms with Crippen LogP contribution in [0, 0.1) is 0 Å². The van der Waals surface area contributed by atoms with Gasteiger partial charge in [0.1, 0.15) is 0 Å². The van der Waals surface area contributed by atoms with E-state index in [-0.39, 0.29) is 11.6 Å². The molecule has 0 heterocycles. The predicted octanol–water partition coefficient (Wildman–Crippen LogP) is 3.63. The van der Waals surface area contributed by atoms with Crippen molar-refractivity contribution in [1.29, 1.82) is 0 Å². The molecule has 0 unspecified atom stereocenters. The zero-order valence-corrected chi connectivity index (χ0v) is 9.65. The van der Waals surface area contributed by atoms with Crippen LogP contribution in [0.4, 0.5) is 13.2 Å². The normalized spacial score (nSPS) is 12.9. The quantitative estimate of drug-likeness (QED) is 0.852. The van der Waals surface area contributed by atoms with Crippen molar-refractivity contribution in [3.8, 4) is 0 Å². The van der Waals surface area contributed by atoms with Crippen LogP contribution in [0.5, 0.6) is 0 Å². The van der Waals surface area contributed by atoms with Gasteiger partial charge in [0.2, 0.25) is 0 Å². The van der Waals surface area contributed by atoms with Crippen LogP contribution >= 0.6 is 11.6 Å². The van der Waals surface area contributed by atoms with Gasteiger partial charge in [0, 0.05) is 5.41 Å². The molecule has 5 heteroatoms. The van der Waals surface area contributed by atoms with E-state index < -0.39 is 17.2 Å². The number of hydrogen-bond acceptors (Lipinski definition) is 1. The van der Waals surface area contributed by atoms with Gasteiger partial charge in [-0.1, -0.05) is 31.5 Å². The number of aliphatic hydroxyl groups is 1. The van der Waals surface area contributed by atoms with E-state index in [0.29, 0.717) is 5.56 Å². The summed E-state index contributed by atoms with van der Waals surface area (Å²) < 4.78 is 37.7. The topological polar surface area (TPSA) is 20.2 Å². The zero-order chi connectivity index (χ0) is 12.6. The van der Waals surface area contributed by atoms with Crippen LogP contribution in [0.15, 0.2) is 18.2 Å². The summed E-state index contributed by atoms with van der Waals surface area (Å²) >= 11 is 5.49. The average Bonchev–Trinajstić information content (AvgIpc) is 2.16. The van der Waals surface area contributed by atoms with Gasteiger partial charge in [-0.05, 0) is 17.7 Å². The molecular formula is C11H12ClF3O. The van der Waals surface area contributed by atoms with E-state index in [9.17, 15) is 13.2 Å². The zero-order valence-electron chi connectivity index (χ0n) is 8.90. The van der Waals surface area contributed by atoms with Crippen molar-refractivity contribution in [2.75, 3.05) is 6.61 Å². The Morgan fingerprint density at radius 1 is 1.25 bits per heavy atom. The molecule has 16 heavy (non-hydrogen) atoms. The maximum absolute atomic E-state index is 12.6. The molecule has 0 amide bonds. The molecular weight excluding hydrogens is 241 g/mol. The molecule has 0 spiro atoms. The maximum Gasteiger partial charge on any atom is 0.417 e. The summed E-state index contributed by atoms with van der Waals surface area (Å²) in [5.41, 5.74) is -1.18. The van der Waals surface area contributed by atoms with E-state index in [1.165, 1.54) is 12.1 Å². The first-order valence-corrected chi connectivity index (χ1v) is 5.04. The first-order chi connectivity index (χ1) is 7.18. The number of benzene rings is 1. The number of rotatable bonds is 2. The van der Waals surface area contributed by atoms with Gasteiger partial charge in [-0.25, -0.2) is 0 Å². The largest absolute Gasteiger partial charge is 0.417 e. The van der Waals surface area contributed by atoms with Crippen molar-refractivity contribution in [2.24, 2.45) is 0 Å². The highest BCUT2D eigenvalue weighted by Crippen LogP contribution is 2.37. The van der Waals surface area contributed by atoms with Crippen LogP contribution in [-0.4, -0.2) is 11.7 Å². The van der Waals surface area contributed by atoms with Crippen molar-refractivity contribution < 1.29 is 18.3 Å². The molecule has 0 aromatic heterocycles. The average molecular weight is 253 g/mol. The van der Waals surface area contributed by atoms with E-state index in [1.807, 2.05) is 0 Å². The van der Waals surface area contributed by atoms with Gasteiger partial charge in [-0.2, -0.15) is 13.2 Å². The van der Waals surface area contributed by atoms with E-state index in [1.54, 1.807) is 13.8 Å². The molecule has 0 radical (unpaired) electrons. The van der Waals surface area contributed by atoms with Crippen molar-refractivity contribution in [2.45, 2.75) is 25.4 Å². The van der Waals surface area contributed by atoms with Gasteiger partial charge < -0.3 is 5.11 Å². The summed E-state index contributed by atoms with van der Waals surface area (Å²) in [6.07, 6.45) is -4.47. The monoisotopic (exact) mass is 252 g/mol. The van der Waals surface area contributed by atoms with E-state index in [2.05, 4.69) is 0 Å². The lowest BCUT2D eigenvalue weighted by molar-refractivity contribution is -0.137. The van der Waals surface area contributed by atoms with Gasteiger partial charge in [0.15, 0.2) is 0 Å². The standard InChI is InChI=1S/C11H12ClF3O/c1-10(2,6-16)7-3-4-9(12)8(5-7)11(13,14)15/h3-5,16H,6H2,1-2H3. The molecule has 0 aliphatic rings. The van der Waals surface area contributed by atoms with E-state index in [0.717, 1.165) is 6.07 Å². The van der Waals surface area contributed by atoms with Crippen LogP contribution in [0.1, 0.15) is 25.0 Å². The van der Waals surface area contributed by atoms with Gasteiger partial charge in [0.25, 0.3) is 0 Å². The maximum atomic E-state index is 12.6. The lowest BCUT2D eigenvalue weighted by Gasteiger charge is -2.23. The Labute approximate surface area is 96.9 Å². The summed E-state index contributed by atoms with van der Waals surface area (Å²) in [5.74, 6) is 0. The minimum absolute atomic E-state index is 0.230. The molecule has 1 rings (SSSR count). The van der Waals surface area contributed by atoms with Crippen LogP contribution in [0.2, 0.25) is 5.02 Å². The van der Waals surface area contributed by atoms with E-state index in [4.69, 9.17) is 16.7 Å². The molecule has 1 N–H and O–H groups in total. The molecule has 1 nitrogen and oxygen atoms in total. The molecule has 90 valence electrons. The minimum atomic E-state index is -4.47. The molecule has 0 saturated heterocycles. The van der Waals surface area contributed by atoms with E-state index >= 15 is 0 Å². The molecule has 0 saturated carbocycles. The summed E-state index contributed by atoms with van der Waals surface area (Å²) in [5, 5.41) is 8.77. The number of alkyl halides is 3. The highest BCUT2D eigenvalue weighted by molar-refractivity contribution is 6.31. The number of halogens is 4. The Morgan fingerprint density at radius 3 is 2.25 bits per heavy atom. The Morgan fingerprint density at radius 2 is 1.81 bits per heavy atom. The molecule has 0 aliphatic carbocycles. The van der Waals surface area contributed by atoms with Crippen molar-refractivity contribution in [3.05, 3.63) is 34.3 Å². The molecule has 1 aromatic rings. The van der Waals surface area contributed by atoms with Gasteiger partial charge in [-0.3, -0.25) is 0 Å². The molecule has 0 bridgehead atoms. The molecule has 0 aliphatic heterocycles. The van der Waals surface area contributed by atoms with Crippen LogP contribution in [-0.2, 0) is 11.6 Å². The fourth-order valence-electron chi connectivity index (χ4n) is 1.25. The Balaban J connectivity index is 3.29. The smallest absolute Gasteiger partial charge is 0.395 e. The third kappa shape index (κ3) is 2.68. The van der Waals surface area contributed by atoms with Crippen LogP contribution in [0.25, 0.3) is 0 Å². The highest BCUT2D eigenvalue weighted by atomic mass is 35.5. The Kier molecular flexibility index (Phi) is 3.55. The van der Waals surface area contributed by atoms with Crippen molar-refractivity contribution in [3.63, 3.8) is 0 Å². The Hall–Kier alpha value is -0.740. The third-order valence-electron chi connectivity index (χ3n) is 2.45. The first-order valence-electron chi connectivity index (χ1n) is 4.66. The molecule has 0 fully saturated rings. The second kappa shape index (κ2) is 4.26. The van der Waals surface area contributed by atoms with Gasteiger partial charge in [-0.15, -0.1) is 0 Å². The number of hydrogen-bond donors (Lipinski definition) is 1. The Bertz CT molecular complexity index is 385. The molecule has 1 aromatic carbocycles. The minimum Gasteiger partial charge on any atom is -0.395 e. The van der Waals surface area contributed by atoms with Gasteiger partial charge >= 0.3 is 6.18 Å². The highest BCUT2D eigenvalue weighted by Gasteiger charge is 2.34. The third-order valence-corrected chi connectivity index (χ3v) is 2.78. The SMILES string of the molecule is CC(C)(CO)c1ccc(Cl)c(C(F)(F)F)c1. The summed E-state index contributed by atoms with van der Waals surface area (Å²) in [6, 6.07) is 3.68. The van der Waals surface area contributed by atoms with Crippen molar-refractivity contribution in [1.82, 2.24) is 0 Å². The summed E-state index contributed by atoms with van der Waals surface area (Å²) in [7, 11) is 0. The molecule has 0 atom stereocenters. The number of aliphatic hydroxyl groups excluding tert-OH is 1. The predicted molar refractivity (Wildman–Crippen MR) is 56.6 cm³/mol. The fourth-order valence-corrected chi connectivity index (χ4v) is 1.48. The van der Waals surface area contributed by atoms with Gasteiger partial charge in [0.05, 0.1) is 17.2 Å².